The minimum atomic E-state index is -0.209. The van der Waals surface area contributed by atoms with E-state index in [1.165, 1.54) is 22.7 Å². The third kappa shape index (κ3) is 4.73. The summed E-state index contributed by atoms with van der Waals surface area (Å²) in [6.07, 6.45) is 5.59. The molecule has 2 aromatic carbocycles. The van der Waals surface area contributed by atoms with Crippen LogP contribution in [0, 0.1) is 0 Å². The topological polar surface area (TPSA) is 55.8 Å². The predicted molar refractivity (Wildman–Crippen MR) is 117 cm³/mol. The molecule has 0 spiro atoms. The Kier molecular flexibility index (Phi) is 6.48. The van der Waals surface area contributed by atoms with Gasteiger partial charge in [-0.1, -0.05) is 29.4 Å². The van der Waals surface area contributed by atoms with Crippen LogP contribution in [0.3, 0.4) is 0 Å². The summed E-state index contributed by atoms with van der Waals surface area (Å²) in [5.74, 6) is 3.17. The number of likely N-dealkylation sites (tertiary alicyclic amines) is 1. The summed E-state index contributed by atoms with van der Waals surface area (Å²) in [5, 5.41) is 0.593. The largest absolute Gasteiger partial charge is 0.486 e. The van der Waals surface area contributed by atoms with E-state index in [0.29, 0.717) is 36.9 Å². The summed E-state index contributed by atoms with van der Waals surface area (Å²) in [4.78, 5) is 26.9. The maximum Gasteiger partial charge on any atom is 0.251 e. The molecule has 0 saturated carbocycles. The summed E-state index contributed by atoms with van der Waals surface area (Å²) in [6, 6.07) is 11.5. The van der Waals surface area contributed by atoms with E-state index >= 15 is 0 Å². The van der Waals surface area contributed by atoms with Crippen molar-refractivity contribution in [2.45, 2.75) is 29.1 Å². The lowest BCUT2D eigenvalue weighted by atomic mass is 10.1. The Bertz CT molecular complexity index is 1050. The van der Waals surface area contributed by atoms with Crippen LogP contribution in [0.4, 0.5) is 0 Å². The molecule has 0 aromatic heterocycles. The fraction of sp³-hybridized carbons (Fsp3) is 0.261. The number of amides is 1. The fourth-order valence-corrected chi connectivity index (χ4v) is 4.51. The molecule has 1 fully saturated rings. The molecule has 2 aliphatic rings. The van der Waals surface area contributed by atoms with Crippen LogP contribution in [0.1, 0.15) is 24.8 Å². The molecule has 5 nitrogen and oxygen atoms in total. The smallest absolute Gasteiger partial charge is 0.251 e. The number of ether oxygens (including phenoxy) is 2. The van der Waals surface area contributed by atoms with Crippen LogP contribution in [0.5, 0.6) is 11.5 Å². The van der Waals surface area contributed by atoms with E-state index in [2.05, 4.69) is 0 Å². The van der Waals surface area contributed by atoms with Crippen molar-refractivity contribution in [2.75, 3.05) is 19.8 Å². The molecule has 154 valence electrons. The summed E-state index contributed by atoms with van der Waals surface area (Å²) >= 11 is 8.00. The predicted octanol–water partition coefficient (Wildman–Crippen LogP) is 5.00. The molecule has 0 N–H and O–H groups in total. The zero-order chi connectivity index (χ0) is 20.9. The molecule has 4 rings (SSSR count). The van der Waals surface area contributed by atoms with Crippen LogP contribution in [-0.4, -0.2) is 36.5 Å². The van der Waals surface area contributed by atoms with Gasteiger partial charge >= 0.3 is 0 Å². The van der Waals surface area contributed by atoms with Crippen LogP contribution in [-0.2, 0) is 9.59 Å². The van der Waals surface area contributed by atoms with Gasteiger partial charge in [-0.15, -0.1) is 0 Å². The minimum absolute atomic E-state index is 0.209. The van der Waals surface area contributed by atoms with Gasteiger partial charge in [0.1, 0.15) is 24.9 Å². The fourth-order valence-electron chi connectivity index (χ4n) is 3.36. The number of carbonyl (C=O) groups excluding carboxylic acids is 2. The molecule has 0 unspecified atom stereocenters. The number of benzene rings is 2. The molecule has 0 atom stereocenters. The lowest BCUT2D eigenvalue weighted by Gasteiger charge is -2.25. The molecule has 1 amide bonds. The number of hydrogen-bond donors (Lipinski definition) is 0. The van der Waals surface area contributed by atoms with Gasteiger partial charge in [-0.25, -0.2) is 4.79 Å². The van der Waals surface area contributed by atoms with Crippen LogP contribution >= 0.6 is 23.4 Å². The van der Waals surface area contributed by atoms with E-state index in [4.69, 9.17) is 21.1 Å². The zero-order valence-corrected chi connectivity index (χ0v) is 17.8. The normalized spacial score (nSPS) is 15.9. The molecular weight excluding hydrogens is 422 g/mol. The molecule has 0 bridgehead atoms. The van der Waals surface area contributed by atoms with E-state index in [-0.39, 0.29) is 5.91 Å². The maximum absolute atomic E-state index is 12.4. The molecular formula is C23H20ClNO4S. The van der Waals surface area contributed by atoms with Gasteiger partial charge in [-0.2, -0.15) is 0 Å². The highest BCUT2D eigenvalue weighted by Crippen LogP contribution is 2.39. The van der Waals surface area contributed by atoms with Crippen LogP contribution < -0.4 is 9.47 Å². The van der Waals surface area contributed by atoms with Gasteiger partial charge in [0.15, 0.2) is 11.5 Å². The van der Waals surface area contributed by atoms with Crippen molar-refractivity contribution in [3.05, 3.63) is 58.8 Å². The SMILES string of the molecule is O=C=C1CCCCN1C(=O)/C=C/c1ccc(Sc2ccc3c(c2)OCCO3)c(Cl)c1. The summed E-state index contributed by atoms with van der Waals surface area (Å²) in [6.45, 7) is 1.66. The molecule has 2 aromatic rings. The van der Waals surface area contributed by atoms with Gasteiger partial charge in [0, 0.05) is 22.4 Å². The molecule has 30 heavy (non-hydrogen) atoms. The van der Waals surface area contributed by atoms with Gasteiger partial charge in [0.05, 0.1) is 5.02 Å². The second-order valence-corrected chi connectivity index (χ2v) is 8.45. The van der Waals surface area contributed by atoms with Gasteiger partial charge < -0.3 is 14.4 Å². The molecule has 7 heteroatoms. The number of allylic oxidation sites excluding steroid dienone is 1. The Labute approximate surface area is 184 Å². The molecule has 0 aliphatic carbocycles. The van der Waals surface area contributed by atoms with Crippen LogP contribution in [0.2, 0.25) is 5.02 Å². The van der Waals surface area contributed by atoms with E-state index < -0.39 is 0 Å². The lowest BCUT2D eigenvalue weighted by molar-refractivity contribution is -0.124. The first-order valence-electron chi connectivity index (χ1n) is 9.74. The van der Waals surface area contributed by atoms with Gasteiger partial charge in [-0.05, 0) is 61.2 Å². The van der Waals surface area contributed by atoms with Crippen molar-refractivity contribution in [1.29, 1.82) is 0 Å². The number of halogens is 1. The maximum atomic E-state index is 12.4. The van der Waals surface area contributed by atoms with Crippen LogP contribution in [0.15, 0.2) is 58.0 Å². The molecule has 0 radical (unpaired) electrons. The average molecular weight is 442 g/mol. The number of rotatable bonds is 4. The van der Waals surface area contributed by atoms with Gasteiger partial charge in [-0.3, -0.25) is 4.79 Å². The first kappa shape index (κ1) is 20.6. The van der Waals surface area contributed by atoms with Crippen LogP contribution in [0.25, 0.3) is 6.08 Å². The number of nitrogens with zero attached hydrogens (tertiary/aromatic N) is 1. The van der Waals surface area contributed by atoms with E-state index in [9.17, 15) is 9.59 Å². The summed E-state index contributed by atoms with van der Waals surface area (Å²) < 4.78 is 11.2. The summed E-state index contributed by atoms with van der Waals surface area (Å²) in [5.41, 5.74) is 1.24. The van der Waals surface area contributed by atoms with E-state index in [1.54, 1.807) is 6.08 Å². The van der Waals surface area contributed by atoms with Crippen molar-refractivity contribution in [1.82, 2.24) is 4.90 Å². The monoisotopic (exact) mass is 441 g/mol. The second-order valence-electron chi connectivity index (χ2n) is 6.93. The van der Waals surface area contributed by atoms with Crippen molar-refractivity contribution in [3.8, 4) is 11.5 Å². The summed E-state index contributed by atoms with van der Waals surface area (Å²) in [7, 11) is 0. The first-order valence-corrected chi connectivity index (χ1v) is 10.9. The minimum Gasteiger partial charge on any atom is -0.486 e. The standard InChI is InChI=1S/C23H20ClNO4S/c24-19-13-16(5-9-23(27)25-10-2-1-3-17(25)15-26)4-8-22(19)30-18-6-7-20-21(14-18)29-12-11-28-20/h4-9,13-14H,1-3,10-12H2/b9-5+. The molecule has 2 aliphatic heterocycles. The highest BCUT2D eigenvalue weighted by Gasteiger charge is 2.20. The van der Waals surface area contributed by atoms with E-state index in [1.807, 2.05) is 42.3 Å². The van der Waals surface area contributed by atoms with Crippen molar-refractivity contribution in [3.63, 3.8) is 0 Å². The van der Waals surface area contributed by atoms with Crippen molar-refractivity contribution < 1.29 is 19.1 Å². The first-order chi connectivity index (χ1) is 14.6. The van der Waals surface area contributed by atoms with Gasteiger partial charge in [0.25, 0.3) is 5.91 Å². The number of carbonyl (C=O) groups is 1. The Morgan fingerprint density at radius 3 is 2.73 bits per heavy atom. The Morgan fingerprint density at radius 1 is 1.10 bits per heavy atom. The second kappa shape index (κ2) is 9.43. The highest BCUT2D eigenvalue weighted by atomic mass is 35.5. The third-order valence-corrected chi connectivity index (χ3v) is 6.36. The van der Waals surface area contributed by atoms with Crippen molar-refractivity contribution in [2.24, 2.45) is 0 Å². The lowest BCUT2D eigenvalue weighted by Crippen LogP contribution is -2.33. The Balaban J connectivity index is 1.45. The quantitative estimate of drug-likeness (QED) is 0.493. The number of hydrogen-bond acceptors (Lipinski definition) is 5. The highest BCUT2D eigenvalue weighted by molar-refractivity contribution is 7.99. The number of piperidine rings is 1. The molecule has 1 saturated heterocycles. The zero-order valence-electron chi connectivity index (χ0n) is 16.2. The van der Waals surface area contributed by atoms with Gasteiger partial charge in [0.2, 0.25) is 0 Å². The van der Waals surface area contributed by atoms with E-state index in [0.717, 1.165) is 39.7 Å². The Hall–Kier alpha value is -2.66. The Morgan fingerprint density at radius 2 is 1.93 bits per heavy atom. The number of fused-ring (bicyclic) bond motifs is 1. The van der Waals surface area contributed by atoms with Crippen molar-refractivity contribution >= 4 is 41.3 Å². The molecule has 2 heterocycles. The third-order valence-electron chi connectivity index (χ3n) is 4.87. The average Bonchev–Trinajstić information content (AvgIpc) is 2.79.